The summed E-state index contributed by atoms with van der Waals surface area (Å²) >= 11 is 0. The van der Waals surface area contributed by atoms with Crippen LogP contribution in [0.5, 0.6) is 0 Å². The van der Waals surface area contributed by atoms with Gasteiger partial charge < -0.3 is 15.7 Å². The molecule has 72 valence electrons. The minimum absolute atomic E-state index is 0.0220. The highest BCUT2D eigenvalue weighted by Crippen LogP contribution is 1.88. The molecule has 0 aliphatic heterocycles. The maximum atomic E-state index is 11.0. The lowest BCUT2D eigenvalue weighted by Gasteiger charge is -2.14. The normalized spacial score (nSPS) is 12.8. The number of hydrogen-bond donors (Lipinski definition) is 3. The first-order valence-electron chi connectivity index (χ1n) is 4.24. The van der Waals surface area contributed by atoms with Gasteiger partial charge in [0.1, 0.15) is 0 Å². The van der Waals surface area contributed by atoms with Gasteiger partial charge in [-0.25, -0.2) is 4.79 Å². The fourth-order valence-electron chi connectivity index (χ4n) is 0.793. The second-order valence-corrected chi connectivity index (χ2v) is 3.19. The van der Waals surface area contributed by atoms with Gasteiger partial charge in [-0.1, -0.05) is 0 Å². The van der Waals surface area contributed by atoms with Crippen molar-refractivity contribution in [1.29, 1.82) is 0 Å². The van der Waals surface area contributed by atoms with Crippen LogP contribution in [-0.4, -0.2) is 29.8 Å². The van der Waals surface area contributed by atoms with E-state index in [1.54, 1.807) is 0 Å². The monoisotopic (exact) mass is 174 g/mol. The van der Waals surface area contributed by atoms with E-state index in [-0.39, 0.29) is 24.7 Å². The lowest BCUT2D eigenvalue weighted by molar-refractivity contribution is 0.229. The van der Waals surface area contributed by atoms with Gasteiger partial charge in [-0.3, -0.25) is 0 Å². The van der Waals surface area contributed by atoms with Crippen molar-refractivity contribution in [2.24, 2.45) is 0 Å². The molecule has 0 bridgehead atoms. The number of carbonyl (C=O) groups excluding carboxylic acids is 1. The van der Waals surface area contributed by atoms with E-state index < -0.39 is 0 Å². The van der Waals surface area contributed by atoms with Gasteiger partial charge in [-0.05, 0) is 27.2 Å². The Hall–Kier alpha value is -0.770. The molecule has 1 unspecified atom stereocenters. The summed E-state index contributed by atoms with van der Waals surface area (Å²) in [5, 5.41) is 14.0. The van der Waals surface area contributed by atoms with E-state index in [0.717, 1.165) is 0 Å². The zero-order valence-electron chi connectivity index (χ0n) is 7.92. The third kappa shape index (κ3) is 5.97. The van der Waals surface area contributed by atoms with E-state index in [9.17, 15) is 4.79 Å². The highest BCUT2D eigenvalue weighted by molar-refractivity contribution is 5.74. The van der Waals surface area contributed by atoms with Crippen LogP contribution in [0.4, 0.5) is 4.79 Å². The van der Waals surface area contributed by atoms with Crippen LogP contribution >= 0.6 is 0 Å². The highest BCUT2D eigenvalue weighted by atomic mass is 16.3. The second-order valence-electron chi connectivity index (χ2n) is 3.19. The molecule has 0 aromatic rings. The molecule has 0 fully saturated rings. The van der Waals surface area contributed by atoms with Gasteiger partial charge >= 0.3 is 6.03 Å². The van der Waals surface area contributed by atoms with E-state index in [0.29, 0.717) is 6.42 Å². The van der Waals surface area contributed by atoms with Crippen molar-refractivity contribution in [3.8, 4) is 0 Å². The summed E-state index contributed by atoms with van der Waals surface area (Å²) < 4.78 is 0. The SMILES string of the molecule is CC(C)NC(=O)NC(C)CCO. The molecule has 0 aromatic carbocycles. The predicted molar refractivity (Wildman–Crippen MR) is 48.0 cm³/mol. The third-order valence-electron chi connectivity index (χ3n) is 1.36. The minimum Gasteiger partial charge on any atom is -0.396 e. The Kier molecular flexibility index (Phi) is 5.45. The fourth-order valence-corrected chi connectivity index (χ4v) is 0.793. The molecule has 0 spiro atoms. The van der Waals surface area contributed by atoms with Crippen molar-refractivity contribution in [2.75, 3.05) is 6.61 Å². The molecule has 4 heteroatoms. The molecule has 1 atom stereocenters. The Balaban J connectivity index is 3.54. The molecule has 4 nitrogen and oxygen atoms in total. The molecular formula is C8H18N2O2. The van der Waals surface area contributed by atoms with Gasteiger partial charge in [0, 0.05) is 18.7 Å². The predicted octanol–water partition coefficient (Wildman–Crippen LogP) is 0.465. The lowest BCUT2D eigenvalue weighted by atomic mass is 10.2. The van der Waals surface area contributed by atoms with Gasteiger partial charge in [0.2, 0.25) is 0 Å². The number of nitrogens with one attached hydrogen (secondary N) is 2. The molecule has 0 radical (unpaired) electrons. The number of aliphatic hydroxyl groups is 1. The molecule has 0 aromatic heterocycles. The first-order chi connectivity index (χ1) is 5.56. The van der Waals surface area contributed by atoms with Crippen LogP contribution in [0.25, 0.3) is 0 Å². The second kappa shape index (κ2) is 5.83. The van der Waals surface area contributed by atoms with E-state index in [2.05, 4.69) is 10.6 Å². The summed E-state index contributed by atoms with van der Waals surface area (Å²) in [5.41, 5.74) is 0. The van der Waals surface area contributed by atoms with Crippen LogP contribution in [0.2, 0.25) is 0 Å². The molecule has 0 saturated carbocycles. The zero-order chi connectivity index (χ0) is 9.56. The number of rotatable bonds is 4. The van der Waals surface area contributed by atoms with Gasteiger partial charge in [0.15, 0.2) is 0 Å². The van der Waals surface area contributed by atoms with Gasteiger partial charge in [0.25, 0.3) is 0 Å². The number of amides is 2. The summed E-state index contributed by atoms with van der Waals surface area (Å²) in [4.78, 5) is 11.0. The standard InChI is InChI=1S/C8H18N2O2/c1-6(2)9-8(12)10-7(3)4-5-11/h6-7,11H,4-5H2,1-3H3,(H2,9,10,12). The lowest BCUT2D eigenvalue weighted by Crippen LogP contribution is -2.43. The number of aliphatic hydroxyl groups excluding tert-OH is 1. The minimum atomic E-state index is -0.175. The Bertz CT molecular complexity index is 137. The Morgan fingerprint density at radius 3 is 2.33 bits per heavy atom. The maximum absolute atomic E-state index is 11.0. The van der Waals surface area contributed by atoms with Crippen molar-refractivity contribution in [2.45, 2.75) is 39.3 Å². The fraction of sp³-hybridized carbons (Fsp3) is 0.875. The van der Waals surface area contributed by atoms with Crippen molar-refractivity contribution >= 4 is 6.03 Å². The third-order valence-corrected chi connectivity index (χ3v) is 1.36. The molecule has 0 heterocycles. The first kappa shape index (κ1) is 11.2. The number of carbonyl (C=O) groups is 1. The average molecular weight is 174 g/mol. The van der Waals surface area contributed by atoms with Crippen LogP contribution in [-0.2, 0) is 0 Å². The topological polar surface area (TPSA) is 61.4 Å². The molecule has 0 saturated heterocycles. The Labute approximate surface area is 73.3 Å². The van der Waals surface area contributed by atoms with Gasteiger partial charge in [0.05, 0.1) is 0 Å². The van der Waals surface area contributed by atoms with Crippen LogP contribution in [0, 0.1) is 0 Å². The zero-order valence-corrected chi connectivity index (χ0v) is 7.92. The summed E-state index contributed by atoms with van der Waals surface area (Å²) in [6.45, 7) is 5.76. The van der Waals surface area contributed by atoms with Crippen molar-refractivity contribution < 1.29 is 9.90 Å². The summed E-state index contributed by atoms with van der Waals surface area (Å²) in [6.07, 6.45) is 0.589. The van der Waals surface area contributed by atoms with Crippen LogP contribution < -0.4 is 10.6 Å². The van der Waals surface area contributed by atoms with E-state index in [1.165, 1.54) is 0 Å². The average Bonchev–Trinajstić information content (AvgIpc) is 1.84. The van der Waals surface area contributed by atoms with E-state index >= 15 is 0 Å². The Morgan fingerprint density at radius 2 is 1.92 bits per heavy atom. The van der Waals surface area contributed by atoms with E-state index in [4.69, 9.17) is 5.11 Å². The van der Waals surface area contributed by atoms with Crippen LogP contribution in [0.15, 0.2) is 0 Å². The summed E-state index contributed by atoms with van der Waals surface area (Å²) in [5.74, 6) is 0. The maximum Gasteiger partial charge on any atom is 0.315 e. The van der Waals surface area contributed by atoms with Gasteiger partial charge in [-0.15, -0.1) is 0 Å². The number of hydrogen-bond acceptors (Lipinski definition) is 2. The molecule has 0 rings (SSSR count). The molecular weight excluding hydrogens is 156 g/mol. The summed E-state index contributed by atoms with van der Waals surface area (Å²) in [7, 11) is 0. The van der Waals surface area contributed by atoms with Gasteiger partial charge in [-0.2, -0.15) is 0 Å². The first-order valence-corrected chi connectivity index (χ1v) is 4.24. The highest BCUT2D eigenvalue weighted by Gasteiger charge is 2.06. The smallest absolute Gasteiger partial charge is 0.315 e. The molecule has 0 aliphatic rings. The van der Waals surface area contributed by atoms with Crippen LogP contribution in [0.3, 0.4) is 0 Å². The Morgan fingerprint density at radius 1 is 1.33 bits per heavy atom. The van der Waals surface area contributed by atoms with Crippen molar-refractivity contribution in [1.82, 2.24) is 10.6 Å². The van der Waals surface area contributed by atoms with Crippen molar-refractivity contribution in [3.63, 3.8) is 0 Å². The summed E-state index contributed by atoms with van der Waals surface area (Å²) in [6, 6.07) is -0.00831. The quantitative estimate of drug-likeness (QED) is 0.580. The molecule has 3 N–H and O–H groups in total. The number of urea groups is 1. The largest absolute Gasteiger partial charge is 0.396 e. The molecule has 2 amide bonds. The molecule has 0 aliphatic carbocycles. The van der Waals surface area contributed by atoms with Crippen LogP contribution in [0.1, 0.15) is 27.2 Å². The van der Waals surface area contributed by atoms with Crippen molar-refractivity contribution in [3.05, 3.63) is 0 Å². The molecule has 12 heavy (non-hydrogen) atoms. The van der Waals surface area contributed by atoms with E-state index in [1.807, 2.05) is 20.8 Å².